The van der Waals surface area contributed by atoms with Crippen molar-refractivity contribution in [2.75, 3.05) is 6.54 Å². The van der Waals surface area contributed by atoms with Crippen molar-refractivity contribution in [2.45, 2.75) is 44.1 Å². The summed E-state index contributed by atoms with van der Waals surface area (Å²) >= 11 is 0. The number of rotatable bonds is 7. The van der Waals surface area contributed by atoms with Gasteiger partial charge in [-0.15, -0.1) is 0 Å². The Kier molecular flexibility index (Phi) is 6.19. The number of carbonyl (C=O) groups excluding carboxylic acids is 1. The molecule has 1 aliphatic rings. The molecule has 2 aromatic rings. The van der Waals surface area contributed by atoms with Crippen molar-refractivity contribution in [3.63, 3.8) is 0 Å². The Bertz CT molecular complexity index is 950. The number of ether oxygens (including phenoxy) is 1. The Hall–Kier alpha value is -2.60. The van der Waals surface area contributed by atoms with Gasteiger partial charge in [0, 0.05) is 13.5 Å². The van der Waals surface area contributed by atoms with Crippen LogP contribution in [0.1, 0.15) is 30.9 Å². The van der Waals surface area contributed by atoms with Gasteiger partial charge in [-0.1, -0.05) is 54.1 Å². The molecule has 0 N–H and O–H groups in total. The molecule has 0 spiro atoms. The fraction of sp³-hybridized carbons (Fsp3) is 0.318. The Morgan fingerprint density at radius 1 is 1.11 bits per heavy atom. The van der Waals surface area contributed by atoms with Gasteiger partial charge < -0.3 is 4.74 Å². The second-order valence-electron chi connectivity index (χ2n) is 6.93. The Morgan fingerprint density at radius 3 is 2.43 bits per heavy atom. The molecule has 1 heterocycles. The number of esters is 1. The molecule has 5 nitrogen and oxygen atoms in total. The lowest BCUT2D eigenvalue weighted by molar-refractivity contribution is -0.145. The van der Waals surface area contributed by atoms with Crippen LogP contribution in [0.25, 0.3) is 0 Å². The number of carbonyl (C=O) groups is 1. The van der Waals surface area contributed by atoms with E-state index in [9.17, 15) is 13.2 Å². The van der Waals surface area contributed by atoms with Crippen molar-refractivity contribution in [2.24, 2.45) is 0 Å². The number of benzene rings is 2. The summed E-state index contributed by atoms with van der Waals surface area (Å²) in [4.78, 5) is 11.9. The smallest absolute Gasteiger partial charge is 0.303 e. The Balaban J connectivity index is 1.84. The molecular weight excluding hydrogens is 374 g/mol. The van der Waals surface area contributed by atoms with Gasteiger partial charge >= 0.3 is 5.97 Å². The first kappa shape index (κ1) is 20.1. The van der Waals surface area contributed by atoms with Crippen LogP contribution in [0, 0.1) is 6.92 Å². The molecule has 1 atom stereocenters. The average Bonchev–Trinajstić information content (AvgIpc) is 3.17. The van der Waals surface area contributed by atoms with E-state index in [1.807, 2.05) is 43.3 Å². The zero-order valence-corrected chi connectivity index (χ0v) is 17.0. The summed E-state index contributed by atoms with van der Waals surface area (Å²) in [6, 6.07) is 16.7. The molecule has 0 amide bonds. The van der Waals surface area contributed by atoms with Gasteiger partial charge in [0.15, 0.2) is 0 Å². The highest BCUT2D eigenvalue weighted by Crippen LogP contribution is 2.30. The van der Waals surface area contributed by atoms with E-state index >= 15 is 0 Å². The predicted molar refractivity (Wildman–Crippen MR) is 108 cm³/mol. The van der Waals surface area contributed by atoms with Gasteiger partial charge in [-0.3, -0.25) is 9.10 Å². The van der Waals surface area contributed by atoms with E-state index in [1.165, 1.54) is 11.2 Å². The molecule has 0 saturated heterocycles. The van der Waals surface area contributed by atoms with Crippen LogP contribution in [0.4, 0.5) is 0 Å². The number of aryl methyl sites for hydroxylation is 2. The third-order valence-electron chi connectivity index (χ3n) is 4.76. The highest BCUT2D eigenvalue weighted by atomic mass is 32.2. The molecule has 0 radical (unpaired) electrons. The predicted octanol–water partition coefficient (Wildman–Crippen LogP) is 3.84. The van der Waals surface area contributed by atoms with Crippen molar-refractivity contribution in [3.05, 3.63) is 77.5 Å². The molecular formula is C22H25NO4S. The maximum Gasteiger partial charge on any atom is 0.303 e. The van der Waals surface area contributed by atoms with E-state index in [-0.39, 0.29) is 4.90 Å². The second-order valence-corrected chi connectivity index (χ2v) is 8.79. The van der Waals surface area contributed by atoms with Gasteiger partial charge in [0.1, 0.15) is 6.10 Å². The first-order valence-electron chi connectivity index (χ1n) is 9.38. The maximum atomic E-state index is 13.2. The van der Waals surface area contributed by atoms with Crippen LogP contribution < -0.4 is 0 Å². The average molecular weight is 400 g/mol. The normalized spacial score (nSPS) is 15.2. The summed E-state index contributed by atoms with van der Waals surface area (Å²) in [6.45, 7) is 3.62. The molecule has 0 aromatic heterocycles. The maximum absolute atomic E-state index is 13.2. The number of nitrogens with zero attached hydrogens (tertiary/aromatic N) is 1. The minimum Gasteiger partial charge on any atom is -0.456 e. The molecule has 2 aromatic carbocycles. The SMILES string of the molecule is CC(=O)OC(CCc1ccccc1)C1=CCCN1S(=O)(=O)c1ccc(C)cc1. The van der Waals surface area contributed by atoms with Crippen LogP contribution in [0.2, 0.25) is 0 Å². The lowest BCUT2D eigenvalue weighted by atomic mass is 10.0. The number of sulfonamides is 1. The standard InChI is InChI=1S/C22H25NO4S/c1-17-10-13-20(14-11-17)28(25,26)23-16-6-9-21(23)22(27-18(2)24)15-12-19-7-4-3-5-8-19/h3-5,7-11,13-14,22H,6,12,15-16H2,1-2H3. The lowest BCUT2D eigenvalue weighted by Gasteiger charge is -2.28. The lowest BCUT2D eigenvalue weighted by Crippen LogP contribution is -2.35. The van der Waals surface area contributed by atoms with Crippen LogP contribution in [0.3, 0.4) is 0 Å². The van der Waals surface area contributed by atoms with E-state index in [0.29, 0.717) is 31.5 Å². The Labute approximate surface area is 166 Å². The van der Waals surface area contributed by atoms with Crippen molar-refractivity contribution >= 4 is 16.0 Å². The monoisotopic (exact) mass is 399 g/mol. The summed E-state index contributed by atoms with van der Waals surface area (Å²) in [5, 5.41) is 0. The van der Waals surface area contributed by atoms with Crippen molar-refractivity contribution < 1.29 is 17.9 Å². The third-order valence-corrected chi connectivity index (χ3v) is 6.60. The summed E-state index contributed by atoms with van der Waals surface area (Å²) in [5.74, 6) is -0.418. The van der Waals surface area contributed by atoms with Gasteiger partial charge in [-0.25, -0.2) is 8.42 Å². The summed E-state index contributed by atoms with van der Waals surface area (Å²) in [5.41, 5.74) is 2.66. The van der Waals surface area contributed by atoms with Gasteiger partial charge in [0.2, 0.25) is 0 Å². The molecule has 0 bridgehead atoms. The second kappa shape index (κ2) is 8.61. The van der Waals surface area contributed by atoms with E-state index in [2.05, 4.69) is 0 Å². The first-order valence-corrected chi connectivity index (χ1v) is 10.8. The fourth-order valence-electron chi connectivity index (χ4n) is 3.36. The first-order chi connectivity index (χ1) is 13.4. The Morgan fingerprint density at radius 2 is 1.79 bits per heavy atom. The van der Waals surface area contributed by atoms with Crippen LogP contribution >= 0.6 is 0 Å². The van der Waals surface area contributed by atoms with Crippen LogP contribution in [0.15, 0.2) is 71.3 Å². The number of hydrogen-bond acceptors (Lipinski definition) is 4. The number of hydrogen-bond donors (Lipinski definition) is 0. The molecule has 148 valence electrons. The summed E-state index contributed by atoms with van der Waals surface area (Å²) in [7, 11) is -3.69. The van der Waals surface area contributed by atoms with Crippen LogP contribution in [-0.4, -0.2) is 31.3 Å². The summed E-state index contributed by atoms with van der Waals surface area (Å²) in [6.07, 6.45) is 3.08. The molecule has 0 saturated carbocycles. The molecule has 6 heteroatoms. The van der Waals surface area contributed by atoms with Crippen molar-refractivity contribution in [1.29, 1.82) is 0 Å². The highest BCUT2D eigenvalue weighted by molar-refractivity contribution is 7.89. The quantitative estimate of drug-likeness (QED) is 0.664. The molecule has 1 aliphatic heterocycles. The van der Waals surface area contributed by atoms with Gasteiger partial charge in [-0.05, 0) is 43.9 Å². The molecule has 28 heavy (non-hydrogen) atoms. The van der Waals surface area contributed by atoms with Gasteiger partial charge in [-0.2, -0.15) is 0 Å². The topological polar surface area (TPSA) is 63.7 Å². The fourth-order valence-corrected chi connectivity index (χ4v) is 4.91. The molecule has 1 unspecified atom stereocenters. The van der Waals surface area contributed by atoms with Crippen LogP contribution in [-0.2, 0) is 26.0 Å². The molecule has 3 rings (SSSR count). The third kappa shape index (κ3) is 4.62. The van der Waals surface area contributed by atoms with Crippen molar-refractivity contribution in [1.82, 2.24) is 4.31 Å². The zero-order valence-electron chi connectivity index (χ0n) is 16.2. The minimum absolute atomic E-state index is 0.246. The largest absolute Gasteiger partial charge is 0.456 e. The van der Waals surface area contributed by atoms with E-state index in [4.69, 9.17) is 4.74 Å². The summed E-state index contributed by atoms with van der Waals surface area (Å²) < 4.78 is 33.2. The molecule has 0 aliphatic carbocycles. The minimum atomic E-state index is -3.69. The van der Waals surface area contributed by atoms with E-state index < -0.39 is 22.1 Å². The van der Waals surface area contributed by atoms with E-state index in [0.717, 1.165) is 11.1 Å². The van der Waals surface area contributed by atoms with Crippen molar-refractivity contribution in [3.8, 4) is 0 Å². The zero-order chi connectivity index (χ0) is 20.1. The van der Waals surface area contributed by atoms with E-state index in [1.54, 1.807) is 24.3 Å². The van der Waals surface area contributed by atoms with Crippen LogP contribution in [0.5, 0.6) is 0 Å². The van der Waals surface area contributed by atoms with Gasteiger partial charge in [0.25, 0.3) is 10.0 Å². The molecule has 0 fully saturated rings. The highest BCUT2D eigenvalue weighted by Gasteiger charge is 2.34. The van der Waals surface area contributed by atoms with Gasteiger partial charge in [0.05, 0.1) is 10.6 Å².